The Balaban J connectivity index is 0.00000200. The zero-order chi connectivity index (χ0) is 14.0. The van der Waals surface area contributed by atoms with Gasteiger partial charge in [0.1, 0.15) is 0 Å². The number of rotatable bonds is 6. The van der Waals surface area contributed by atoms with Crippen LogP contribution in [0.25, 0.3) is 0 Å². The molecule has 0 spiro atoms. The minimum Gasteiger partial charge on any atom is -0.342 e. The van der Waals surface area contributed by atoms with Gasteiger partial charge in [0, 0.05) is 19.1 Å². The molecule has 0 heterocycles. The van der Waals surface area contributed by atoms with Gasteiger partial charge in [-0.1, -0.05) is 26.7 Å². The highest BCUT2D eigenvalue weighted by molar-refractivity contribution is 5.85. The molecule has 4 unspecified atom stereocenters. The Morgan fingerprint density at radius 2 is 1.80 bits per heavy atom. The van der Waals surface area contributed by atoms with Gasteiger partial charge >= 0.3 is 0 Å². The lowest BCUT2D eigenvalue weighted by molar-refractivity contribution is -0.138. The molecule has 3 nitrogen and oxygen atoms in total. The van der Waals surface area contributed by atoms with Gasteiger partial charge in [-0.05, 0) is 43.9 Å². The molecule has 0 aromatic rings. The number of nitrogens with two attached hydrogens (primary N) is 1. The molecule has 2 N–H and O–H groups in total. The van der Waals surface area contributed by atoms with Crippen LogP contribution in [0.1, 0.15) is 52.9 Å². The van der Waals surface area contributed by atoms with E-state index in [9.17, 15) is 4.79 Å². The molecule has 20 heavy (non-hydrogen) atoms. The second-order valence-corrected chi connectivity index (χ2v) is 6.50. The molecule has 0 aromatic heterocycles. The van der Waals surface area contributed by atoms with Crippen LogP contribution in [0.15, 0.2) is 0 Å². The molecule has 4 atom stereocenters. The van der Waals surface area contributed by atoms with E-state index in [0.29, 0.717) is 23.7 Å². The number of hydrogen-bond donors (Lipinski definition) is 1. The van der Waals surface area contributed by atoms with Crippen LogP contribution in [-0.2, 0) is 4.79 Å². The summed E-state index contributed by atoms with van der Waals surface area (Å²) in [6.07, 6.45) is 5.97. The second kappa shape index (κ2) is 7.65. The molecule has 0 radical (unpaired) electrons. The summed E-state index contributed by atoms with van der Waals surface area (Å²) >= 11 is 0. The second-order valence-electron chi connectivity index (χ2n) is 6.50. The van der Waals surface area contributed by atoms with Crippen LogP contribution in [0.4, 0.5) is 0 Å². The van der Waals surface area contributed by atoms with Gasteiger partial charge in [-0.15, -0.1) is 12.4 Å². The highest BCUT2D eigenvalue weighted by atomic mass is 35.5. The SMILES string of the molecule is CCC(CC)CN(CC)C(=O)C1C2CCC(C2)C1N.Cl. The van der Waals surface area contributed by atoms with Crippen molar-refractivity contribution in [3.8, 4) is 0 Å². The van der Waals surface area contributed by atoms with Gasteiger partial charge in [-0.3, -0.25) is 4.79 Å². The Bertz CT molecular complexity index is 318. The molecule has 0 saturated heterocycles. The predicted octanol–water partition coefficient (Wildman–Crippen LogP) is 3.07. The summed E-state index contributed by atoms with van der Waals surface area (Å²) in [5.74, 6) is 2.29. The lowest BCUT2D eigenvalue weighted by atomic mass is 9.83. The maximum atomic E-state index is 12.8. The summed E-state index contributed by atoms with van der Waals surface area (Å²) in [6, 6.07) is 0.127. The van der Waals surface area contributed by atoms with Crippen molar-refractivity contribution in [3.05, 3.63) is 0 Å². The largest absolute Gasteiger partial charge is 0.342 e. The fourth-order valence-electron chi connectivity index (χ4n) is 4.15. The molecule has 2 fully saturated rings. The molecule has 4 heteroatoms. The van der Waals surface area contributed by atoms with Crippen molar-refractivity contribution in [1.29, 1.82) is 0 Å². The number of carbonyl (C=O) groups is 1. The van der Waals surface area contributed by atoms with Crippen LogP contribution < -0.4 is 5.73 Å². The molecule has 2 saturated carbocycles. The Morgan fingerprint density at radius 3 is 2.25 bits per heavy atom. The van der Waals surface area contributed by atoms with E-state index in [4.69, 9.17) is 5.73 Å². The zero-order valence-electron chi connectivity index (χ0n) is 13.2. The van der Waals surface area contributed by atoms with E-state index in [1.54, 1.807) is 0 Å². The number of fused-ring (bicyclic) bond motifs is 2. The fraction of sp³-hybridized carbons (Fsp3) is 0.938. The van der Waals surface area contributed by atoms with Crippen molar-refractivity contribution < 1.29 is 4.79 Å². The van der Waals surface area contributed by atoms with Gasteiger partial charge < -0.3 is 10.6 Å². The first-order valence-corrected chi connectivity index (χ1v) is 8.16. The number of nitrogens with zero attached hydrogens (tertiary/aromatic N) is 1. The van der Waals surface area contributed by atoms with E-state index in [0.717, 1.165) is 25.9 Å². The Labute approximate surface area is 130 Å². The van der Waals surface area contributed by atoms with Crippen LogP contribution in [0, 0.1) is 23.7 Å². The summed E-state index contributed by atoms with van der Waals surface area (Å²) in [5.41, 5.74) is 6.31. The standard InChI is InChI=1S/C16H30N2O.ClH/c1-4-11(5-2)10-18(6-3)16(19)14-12-7-8-13(9-12)15(14)17;/h11-15H,4-10,17H2,1-3H3;1H. The lowest BCUT2D eigenvalue weighted by Crippen LogP contribution is -2.48. The van der Waals surface area contributed by atoms with Crippen LogP contribution in [0.2, 0.25) is 0 Å². The number of hydrogen-bond acceptors (Lipinski definition) is 2. The average Bonchev–Trinajstić information content (AvgIpc) is 3.00. The third-order valence-corrected chi connectivity index (χ3v) is 5.59. The molecular weight excluding hydrogens is 272 g/mol. The molecule has 2 bridgehead atoms. The normalized spacial score (nSPS) is 31.4. The molecule has 2 aliphatic rings. The van der Waals surface area contributed by atoms with Gasteiger partial charge in [0.05, 0.1) is 5.92 Å². The molecular formula is C16H31ClN2O. The molecule has 0 aromatic carbocycles. The monoisotopic (exact) mass is 302 g/mol. The first-order valence-electron chi connectivity index (χ1n) is 8.16. The topological polar surface area (TPSA) is 46.3 Å². The van der Waals surface area contributed by atoms with E-state index in [1.807, 2.05) is 0 Å². The summed E-state index contributed by atoms with van der Waals surface area (Å²) in [6.45, 7) is 8.28. The number of halogens is 1. The maximum Gasteiger partial charge on any atom is 0.227 e. The molecule has 118 valence electrons. The van der Waals surface area contributed by atoms with Gasteiger partial charge in [0.15, 0.2) is 0 Å². The molecule has 1 amide bonds. The Kier molecular flexibility index (Phi) is 6.80. The Morgan fingerprint density at radius 1 is 1.20 bits per heavy atom. The lowest BCUT2D eigenvalue weighted by Gasteiger charge is -2.33. The smallest absolute Gasteiger partial charge is 0.227 e. The minimum absolute atomic E-state index is 0. The van der Waals surface area contributed by atoms with Crippen LogP contribution >= 0.6 is 12.4 Å². The Hall–Kier alpha value is -0.280. The quantitative estimate of drug-likeness (QED) is 0.819. The highest BCUT2D eigenvalue weighted by Crippen LogP contribution is 2.48. The maximum absolute atomic E-state index is 12.8. The first kappa shape index (κ1) is 17.8. The molecule has 0 aliphatic heterocycles. The number of amides is 1. The van der Waals surface area contributed by atoms with Gasteiger partial charge in [0.2, 0.25) is 5.91 Å². The van der Waals surface area contributed by atoms with E-state index in [-0.39, 0.29) is 24.4 Å². The van der Waals surface area contributed by atoms with E-state index in [1.165, 1.54) is 19.3 Å². The summed E-state index contributed by atoms with van der Waals surface area (Å²) in [7, 11) is 0. The van der Waals surface area contributed by atoms with Gasteiger partial charge in [-0.25, -0.2) is 0 Å². The van der Waals surface area contributed by atoms with Crippen LogP contribution in [0.5, 0.6) is 0 Å². The molecule has 2 aliphatic carbocycles. The summed E-state index contributed by atoms with van der Waals surface area (Å²) in [4.78, 5) is 14.9. The average molecular weight is 303 g/mol. The van der Waals surface area contributed by atoms with Crippen molar-refractivity contribution in [2.75, 3.05) is 13.1 Å². The van der Waals surface area contributed by atoms with E-state index in [2.05, 4.69) is 25.7 Å². The predicted molar refractivity (Wildman–Crippen MR) is 85.9 cm³/mol. The fourth-order valence-corrected chi connectivity index (χ4v) is 4.15. The van der Waals surface area contributed by atoms with E-state index >= 15 is 0 Å². The first-order chi connectivity index (χ1) is 9.12. The van der Waals surface area contributed by atoms with Crippen molar-refractivity contribution in [3.63, 3.8) is 0 Å². The van der Waals surface area contributed by atoms with Crippen LogP contribution in [0.3, 0.4) is 0 Å². The third-order valence-electron chi connectivity index (χ3n) is 5.59. The van der Waals surface area contributed by atoms with Crippen molar-refractivity contribution in [2.45, 2.75) is 58.9 Å². The van der Waals surface area contributed by atoms with Crippen molar-refractivity contribution >= 4 is 18.3 Å². The number of carbonyl (C=O) groups excluding carboxylic acids is 1. The minimum atomic E-state index is 0. The van der Waals surface area contributed by atoms with E-state index < -0.39 is 0 Å². The van der Waals surface area contributed by atoms with Crippen molar-refractivity contribution in [1.82, 2.24) is 4.90 Å². The highest BCUT2D eigenvalue weighted by Gasteiger charge is 2.49. The molecule has 2 rings (SSSR count). The van der Waals surface area contributed by atoms with Gasteiger partial charge in [0.25, 0.3) is 0 Å². The zero-order valence-corrected chi connectivity index (χ0v) is 14.0. The van der Waals surface area contributed by atoms with Crippen LogP contribution in [-0.4, -0.2) is 29.9 Å². The summed E-state index contributed by atoms with van der Waals surface area (Å²) < 4.78 is 0. The van der Waals surface area contributed by atoms with Gasteiger partial charge in [-0.2, -0.15) is 0 Å². The third kappa shape index (κ3) is 3.30. The van der Waals surface area contributed by atoms with Crippen molar-refractivity contribution in [2.24, 2.45) is 29.4 Å². The summed E-state index contributed by atoms with van der Waals surface area (Å²) in [5, 5.41) is 0.